The SMILES string of the molecule is Cc1nc(CN(C)CC(O)c2cc(F)ccc2F)cs1. The zero-order valence-corrected chi connectivity index (χ0v) is 12.1. The summed E-state index contributed by atoms with van der Waals surface area (Å²) >= 11 is 1.56. The minimum absolute atomic E-state index is 0.0219. The van der Waals surface area contributed by atoms with Crippen molar-refractivity contribution in [3.05, 3.63) is 51.5 Å². The predicted molar refractivity (Wildman–Crippen MR) is 74.5 cm³/mol. The fraction of sp³-hybridized carbons (Fsp3) is 0.357. The number of aromatic nitrogens is 1. The van der Waals surface area contributed by atoms with Crippen LogP contribution in [0.1, 0.15) is 22.4 Å². The number of nitrogens with zero attached hydrogens (tertiary/aromatic N) is 2. The van der Waals surface area contributed by atoms with E-state index < -0.39 is 17.7 Å². The van der Waals surface area contributed by atoms with Crippen molar-refractivity contribution in [3.63, 3.8) is 0 Å². The van der Waals surface area contributed by atoms with Crippen LogP contribution in [0.15, 0.2) is 23.6 Å². The summed E-state index contributed by atoms with van der Waals surface area (Å²) in [6.45, 7) is 2.68. The van der Waals surface area contributed by atoms with E-state index >= 15 is 0 Å². The number of hydrogen-bond donors (Lipinski definition) is 1. The first-order valence-electron chi connectivity index (χ1n) is 6.18. The van der Waals surface area contributed by atoms with Crippen LogP contribution >= 0.6 is 11.3 Å². The van der Waals surface area contributed by atoms with E-state index in [0.29, 0.717) is 6.54 Å². The second kappa shape index (κ2) is 6.39. The van der Waals surface area contributed by atoms with Crippen molar-refractivity contribution in [3.8, 4) is 0 Å². The molecule has 1 N–H and O–H groups in total. The quantitative estimate of drug-likeness (QED) is 0.922. The summed E-state index contributed by atoms with van der Waals surface area (Å²) in [7, 11) is 1.80. The number of aliphatic hydroxyl groups excluding tert-OH is 1. The van der Waals surface area contributed by atoms with Crippen molar-refractivity contribution in [1.82, 2.24) is 9.88 Å². The highest BCUT2D eigenvalue weighted by Gasteiger charge is 2.16. The van der Waals surface area contributed by atoms with Gasteiger partial charge in [0.15, 0.2) is 0 Å². The number of benzene rings is 1. The summed E-state index contributed by atoms with van der Waals surface area (Å²) < 4.78 is 26.6. The molecule has 0 saturated carbocycles. The van der Waals surface area contributed by atoms with Crippen LogP contribution in [0.2, 0.25) is 0 Å². The molecule has 0 amide bonds. The molecule has 1 aromatic carbocycles. The molecule has 1 unspecified atom stereocenters. The van der Waals surface area contributed by atoms with Gasteiger partial charge in [-0.3, -0.25) is 4.90 Å². The monoisotopic (exact) mass is 298 g/mol. The summed E-state index contributed by atoms with van der Waals surface area (Å²) in [6.07, 6.45) is -1.07. The molecule has 1 heterocycles. The Balaban J connectivity index is 1.99. The van der Waals surface area contributed by atoms with E-state index in [1.54, 1.807) is 18.4 Å². The molecule has 0 aliphatic heterocycles. The molecule has 3 nitrogen and oxygen atoms in total. The highest BCUT2D eigenvalue weighted by Crippen LogP contribution is 2.20. The van der Waals surface area contributed by atoms with E-state index in [1.165, 1.54) is 0 Å². The van der Waals surface area contributed by atoms with E-state index in [2.05, 4.69) is 4.98 Å². The smallest absolute Gasteiger partial charge is 0.129 e. The minimum atomic E-state index is -1.07. The Labute approximate surface area is 120 Å². The molecule has 0 aliphatic rings. The summed E-state index contributed by atoms with van der Waals surface area (Å²) in [5.74, 6) is -1.16. The molecule has 20 heavy (non-hydrogen) atoms. The van der Waals surface area contributed by atoms with Gasteiger partial charge in [0.05, 0.1) is 16.8 Å². The Morgan fingerprint density at radius 2 is 2.15 bits per heavy atom. The first-order chi connectivity index (χ1) is 9.45. The first-order valence-corrected chi connectivity index (χ1v) is 7.06. The van der Waals surface area contributed by atoms with Gasteiger partial charge < -0.3 is 5.11 Å². The Hall–Kier alpha value is -1.37. The summed E-state index contributed by atoms with van der Waals surface area (Å²) in [6, 6.07) is 3.09. The highest BCUT2D eigenvalue weighted by atomic mass is 32.1. The lowest BCUT2D eigenvalue weighted by molar-refractivity contribution is 0.119. The van der Waals surface area contributed by atoms with Gasteiger partial charge in [-0.05, 0) is 32.2 Å². The van der Waals surface area contributed by atoms with Crippen molar-refractivity contribution >= 4 is 11.3 Å². The summed E-state index contributed by atoms with van der Waals surface area (Å²) in [4.78, 5) is 6.15. The van der Waals surface area contributed by atoms with Crippen LogP contribution < -0.4 is 0 Å². The average molecular weight is 298 g/mol. The van der Waals surface area contributed by atoms with Gasteiger partial charge in [0.2, 0.25) is 0 Å². The minimum Gasteiger partial charge on any atom is -0.387 e. The molecule has 108 valence electrons. The maximum Gasteiger partial charge on any atom is 0.129 e. The number of aliphatic hydroxyl groups is 1. The molecule has 1 aromatic heterocycles. The molecule has 0 spiro atoms. The summed E-state index contributed by atoms with van der Waals surface area (Å²) in [5.41, 5.74) is 0.883. The van der Waals surface area contributed by atoms with Crippen molar-refractivity contribution in [2.24, 2.45) is 0 Å². The zero-order valence-electron chi connectivity index (χ0n) is 11.3. The van der Waals surface area contributed by atoms with E-state index in [1.807, 2.05) is 17.2 Å². The number of likely N-dealkylation sites (N-methyl/N-ethyl adjacent to an activating group) is 1. The molecular formula is C14H16F2N2OS. The second-order valence-electron chi connectivity index (χ2n) is 4.74. The van der Waals surface area contributed by atoms with Crippen LogP contribution in [0.3, 0.4) is 0 Å². The van der Waals surface area contributed by atoms with Gasteiger partial charge in [-0.2, -0.15) is 0 Å². The van der Waals surface area contributed by atoms with Crippen LogP contribution in [0, 0.1) is 18.6 Å². The molecular weight excluding hydrogens is 282 g/mol. The standard InChI is InChI=1S/C14H16F2N2OS/c1-9-17-11(8-20-9)6-18(2)7-14(19)12-5-10(15)3-4-13(12)16/h3-5,8,14,19H,6-7H2,1-2H3. The maximum atomic E-state index is 13.5. The van der Waals surface area contributed by atoms with Gasteiger partial charge in [0, 0.05) is 24.0 Å². The van der Waals surface area contributed by atoms with Crippen LogP contribution in [0.5, 0.6) is 0 Å². The highest BCUT2D eigenvalue weighted by molar-refractivity contribution is 7.09. The molecule has 2 aromatic rings. The van der Waals surface area contributed by atoms with E-state index in [9.17, 15) is 13.9 Å². The topological polar surface area (TPSA) is 36.4 Å². The fourth-order valence-corrected chi connectivity index (χ4v) is 2.59. The Kier molecular flexibility index (Phi) is 4.80. The van der Waals surface area contributed by atoms with Crippen molar-refractivity contribution < 1.29 is 13.9 Å². The van der Waals surface area contributed by atoms with Gasteiger partial charge in [-0.1, -0.05) is 0 Å². The second-order valence-corrected chi connectivity index (χ2v) is 5.80. The number of rotatable bonds is 5. The largest absolute Gasteiger partial charge is 0.387 e. The predicted octanol–water partition coefficient (Wildman–Crippen LogP) is 2.90. The number of aryl methyl sites for hydroxylation is 1. The lowest BCUT2D eigenvalue weighted by atomic mass is 10.1. The normalized spacial score (nSPS) is 12.9. The molecule has 0 aliphatic carbocycles. The number of thiazole rings is 1. The Morgan fingerprint density at radius 3 is 2.80 bits per heavy atom. The van der Waals surface area contributed by atoms with Crippen molar-refractivity contribution in [2.75, 3.05) is 13.6 Å². The number of halogens is 2. The third kappa shape index (κ3) is 3.82. The molecule has 6 heteroatoms. The van der Waals surface area contributed by atoms with Gasteiger partial charge >= 0.3 is 0 Å². The van der Waals surface area contributed by atoms with E-state index in [-0.39, 0.29) is 12.1 Å². The van der Waals surface area contributed by atoms with E-state index in [0.717, 1.165) is 28.9 Å². The third-order valence-corrected chi connectivity index (χ3v) is 3.72. The van der Waals surface area contributed by atoms with Gasteiger partial charge in [0.25, 0.3) is 0 Å². The number of hydrogen-bond acceptors (Lipinski definition) is 4. The van der Waals surface area contributed by atoms with Crippen LogP contribution in [-0.4, -0.2) is 28.6 Å². The molecule has 2 rings (SSSR count). The van der Waals surface area contributed by atoms with Crippen molar-refractivity contribution in [2.45, 2.75) is 19.6 Å². The maximum absolute atomic E-state index is 13.5. The first kappa shape index (κ1) is 15.0. The molecule has 0 saturated heterocycles. The zero-order chi connectivity index (χ0) is 14.7. The fourth-order valence-electron chi connectivity index (χ4n) is 1.99. The molecule has 0 bridgehead atoms. The molecule has 0 radical (unpaired) electrons. The van der Waals surface area contributed by atoms with Gasteiger partial charge in [0.1, 0.15) is 11.6 Å². The third-order valence-electron chi connectivity index (χ3n) is 2.90. The molecule has 0 fully saturated rings. The van der Waals surface area contributed by atoms with Crippen molar-refractivity contribution in [1.29, 1.82) is 0 Å². The lowest BCUT2D eigenvalue weighted by Crippen LogP contribution is -2.25. The lowest BCUT2D eigenvalue weighted by Gasteiger charge is -2.20. The van der Waals surface area contributed by atoms with Crippen LogP contribution in [-0.2, 0) is 6.54 Å². The van der Waals surface area contributed by atoms with E-state index in [4.69, 9.17) is 0 Å². The Morgan fingerprint density at radius 1 is 1.40 bits per heavy atom. The average Bonchev–Trinajstić information content (AvgIpc) is 2.77. The Bertz CT molecular complexity index is 588. The van der Waals surface area contributed by atoms with Crippen LogP contribution in [0.25, 0.3) is 0 Å². The van der Waals surface area contributed by atoms with Gasteiger partial charge in [-0.25, -0.2) is 13.8 Å². The van der Waals surface area contributed by atoms with Gasteiger partial charge in [-0.15, -0.1) is 11.3 Å². The summed E-state index contributed by atoms with van der Waals surface area (Å²) in [5, 5.41) is 12.9. The van der Waals surface area contributed by atoms with Crippen LogP contribution in [0.4, 0.5) is 8.78 Å². The molecule has 1 atom stereocenters.